The minimum Gasteiger partial charge on any atom is -0.494 e. The van der Waals surface area contributed by atoms with E-state index in [1.165, 1.54) is 19.3 Å². The molecule has 3 amide bonds. The predicted octanol–water partition coefficient (Wildman–Crippen LogP) is 3.53. The molecule has 1 saturated heterocycles. The molecule has 0 spiro atoms. The monoisotopic (exact) mass is 359 g/mol. The highest BCUT2D eigenvalue weighted by molar-refractivity contribution is 5.97. The van der Waals surface area contributed by atoms with Gasteiger partial charge in [-0.3, -0.25) is 4.79 Å². The third-order valence-electron chi connectivity index (χ3n) is 5.18. The lowest BCUT2D eigenvalue weighted by Gasteiger charge is -2.29. The van der Waals surface area contributed by atoms with Crippen molar-refractivity contribution in [2.45, 2.75) is 64.0 Å². The molecule has 142 valence electrons. The highest BCUT2D eigenvalue weighted by atomic mass is 16.5. The van der Waals surface area contributed by atoms with Crippen LogP contribution in [0.15, 0.2) is 24.3 Å². The molecule has 1 saturated carbocycles. The zero-order valence-electron chi connectivity index (χ0n) is 15.5. The number of carbonyl (C=O) groups is 2. The summed E-state index contributed by atoms with van der Waals surface area (Å²) in [6.07, 6.45) is 7.26. The van der Waals surface area contributed by atoms with Gasteiger partial charge < -0.3 is 20.3 Å². The van der Waals surface area contributed by atoms with Crippen molar-refractivity contribution < 1.29 is 14.3 Å². The van der Waals surface area contributed by atoms with Gasteiger partial charge in [-0.2, -0.15) is 0 Å². The van der Waals surface area contributed by atoms with E-state index in [0.29, 0.717) is 19.6 Å². The molecule has 1 atom stereocenters. The van der Waals surface area contributed by atoms with Crippen molar-refractivity contribution in [2.24, 2.45) is 0 Å². The minimum atomic E-state index is -0.398. The number of nitrogens with one attached hydrogen (secondary N) is 2. The molecule has 3 rings (SSSR count). The fourth-order valence-electron chi connectivity index (χ4n) is 3.81. The normalized spacial score (nSPS) is 20.7. The standard InChI is InChI=1S/C20H29N3O3/c1-2-26-17-12-10-16(11-13-17)21-19(24)18-9-6-14-23(18)20(25)22-15-7-4-3-5-8-15/h10-13,15,18H,2-9,14H2,1H3,(H,21,24)(H,22,25)/t18-/m0/s1. The van der Waals surface area contributed by atoms with Gasteiger partial charge in [0.05, 0.1) is 6.61 Å². The Morgan fingerprint density at radius 1 is 1.08 bits per heavy atom. The number of urea groups is 1. The van der Waals surface area contributed by atoms with Crippen LogP contribution in [-0.4, -0.2) is 42.1 Å². The highest BCUT2D eigenvalue weighted by Crippen LogP contribution is 2.22. The molecular weight excluding hydrogens is 330 g/mol. The summed E-state index contributed by atoms with van der Waals surface area (Å²) >= 11 is 0. The lowest BCUT2D eigenvalue weighted by Crippen LogP contribution is -2.50. The number of benzene rings is 1. The second-order valence-electron chi connectivity index (χ2n) is 7.08. The van der Waals surface area contributed by atoms with E-state index < -0.39 is 6.04 Å². The second kappa shape index (κ2) is 8.92. The van der Waals surface area contributed by atoms with Crippen molar-refractivity contribution in [3.8, 4) is 5.75 Å². The Balaban J connectivity index is 1.56. The van der Waals surface area contributed by atoms with Crippen LogP contribution in [0.5, 0.6) is 5.75 Å². The fourth-order valence-corrected chi connectivity index (χ4v) is 3.81. The minimum absolute atomic E-state index is 0.0961. The van der Waals surface area contributed by atoms with Gasteiger partial charge in [-0.15, -0.1) is 0 Å². The lowest BCUT2D eigenvalue weighted by molar-refractivity contribution is -0.119. The van der Waals surface area contributed by atoms with Crippen LogP contribution in [0.25, 0.3) is 0 Å². The second-order valence-corrected chi connectivity index (χ2v) is 7.08. The Bertz CT molecular complexity index is 611. The molecule has 6 nitrogen and oxygen atoms in total. The van der Waals surface area contributed by atoms with E-state index in [0.717, 1.165) is 30.7 Å². The van der Waals surface area contributed by atoms with E-state index in [9.17, 15) is 9.59 Å². The molecule has 2 fully saturated rings. The Hall–Kier alpha value is -2.24. The van der Waals surface area contributed by atoms with E-state index in [2.05, 4.69) is 10.6 Å². The van der Waals surface area contributed by atoms with Crippen LogP contribution in [0.1, 0.15) is 51.9 Å². The first-order valence-corrected chi connectivity index (χ1v) is 9.78. The Labute approximate surface area is 155 Å². The predicted molar refractivity (Wildman–Crippen MR) is 101 cm³/mol. The maximum Gasteiger partial charge on any atom is 0.318 e. The molecule has 0 radical (unpaired) electrons. The number of amides is 3. The Morgan fingerprint density at radius 2 is 1.81 bits per heavy atom. The van der Waals surface area contributed by atoms with Crippen molar-refractivity contribution >= 4 is 17.6 Å². The van der Waals surface area contributed by atoms with Gasteiger partial charge in [-0.05, 0) is 56.9 Å². The summed E-state index contributed by atoms with van der Waals surface area (Å²) in [6.45, 7) is 3.18. The zero-order valence-corrected chi connectivity index (χ0v) is 15.5. The van der Waals surface area contributed by atoms with Gasteiger partial charge in [0.25, 0.3) is 0 Å². The largest absolute Gasteiger partial charge is 0.494 e. The number of rotatable bonds is 5. The summed E-state index contributed by atoms with van der Waals surface area (Å²) in [5.74, 6) is 0.658. The number of nitrogens with zero attached hydrogens (tertiary/aromatic N) is 1. The van der Waals surface area contributed by atoms with E-state index in [4.69, 9.17) is 4.74 Å². The number of ether oxygens (including phenoxy) is 1. The maximum absolute atomic E-state index is 12.7. The molecule has 2 aliphatic rings. The van der Waals surface area contributed by atoms with Crippen LogP contribution in [0.4, 0.5) is 10.5 Å². The summed E-state index contributed by atoms with van der Waals surface area (Å²) < 4.78 is 5.41. The smallest absolute Gasteiger partial charge is 0.318 e. The molecule has 1 heterocycles. The molecule has 1 aliphatic carbocycles. The summed E-state index contributed by atoms with van der Waals surface area (Å²) in [6, 6.07) is 7.08. The van der Waals surface area contributed by atoms with E-state index in [1.54, 1.807) is 4.90 Å². The number of hydrogen-bond acceptors (Lipinski definition) is 3. The van der Waals surface area contributed by atoms with Gasteiger partial charge >= 0.3 is 6.03 Å². The average molecular weight is 359 g/mol. The molecule has 26 heavy (non-hydrogen) atoms. The average Bonchev–Trinajstić information content (AvgIpc) is 3.14. The van der Waals surface area contributed by atoms with Crippen molar-refractivity contribution in [1.82, 2.24) is 10.2 Å². The summed E-state index contributed by atoms with van der Waals surface area (Å²) in [5.41, 5.74) is 0.720. The SMILES string of the molecule is CCOc1ccc(NC(=O)[C@@H]2CCCN2C(=O)NC2CCCCC2)cc1. The molecule has 0 aromatic heterocycles. The van der Waals surface area contributed by atoms with Gasteiger partial charge in [-0.25, -0.2) is 4.79 Å². The number of likely N-dealkylation sites (tertiary alicyclic amines) is 1. The number of carbonyl (C=O) groups excluding carboxylic acids is 2. The first-order valence-electron chi connectivity index (χ1n) is 9.78. The summed E-state index contributed by atoms with van der Waals surface area (Å²) in [7, 11) is 0. The van der Waals surface area contributed by atoms with Gasteiger partial charge in [0.2, 0.25) is 5.91 Å². The first-order chi connectivity index (χ1) is 12.7. The molecule has 1 aromatic carbocycles. The maximum atomic E-state index is 12.7. The Kier molecular flexibility index (Phi) is 6.36. The first kappa shape index (κ1) is 18.5. The van der Waals surface area contributed by atoms with Crippen LogP contribution in [-0.2, 0) is 4.79 Å². The number of hydrogen-bond donors (Lipinski definition) is 2. The molecule has 6 heteroatoms. The Morgan fingerprint density at radius 3 is 2.50 bits per heavy atom. The molecular formula is C20H29N3O3. The van der Waals surface area contributed by atoms with Crippen molar-refractivity contribution in [3.05, 3.63) is 24.3 Å². The van der Waals surface area contributed by atoms with Crippen LogP contribution < -0.4 is 15.4 Å². The summed E-state index contributed by atoms with van der Waals surface area (Å²) in [4.78, 5) is 27.0. The van der Waals surface area contributed by atoms with Gasteiger partial charge in [-0.1, -0.05) is 19.3 Å². The van der Waals surface area contributed by atoms with Crippen molar-refractivity contribution in [1.29, 1.82) is 0 Å². The van der Waals surface area contributed by atoms with Crippen molar-refractivity contribution in [3.63, 3.8) is 0 Å². The van der Waals surface area contributed by atoms with Gasteiger partial charge in [0.1, 0.15) is 11.8 Å². The summed E-state index contributed by atoms with van der Waals surface area (Å²) in [5, 5.41) is 6.05. The van der Waals surface area contributed by atoms with E-state index in [1.807, 2.05) is 31.2 Å². The van der Waals surface area contributed by atoms with Crippen LogP contribution in [0.2, 0.25) is 0 Å². The lowest BCUT2D eigenvalue weighted by atomic mass is 9.96. The third-order valence-corrected chi connectivity index (χ3v) is 5.18. The molecule has 2 N–H and O–H groups in total. The molecule has 0 bridgehead atoms. The fraction of sp³-hybridized carbons (Fsp3) is 0.600. The van der Waals surface area contributed by atoms with Crippen LogP contribution in [0, 0.1) is 0 Å². The highest BCUT2D eigenvalue weighted by Gasteiger charge is 2.35. The van der Waals surface area contributed by atoms with Crippen LogP contribution in [0.3, 0.4) is 0 Å². The topological polar surface area (TPSA) is 70.7 Å². The quantitative estimate of drug-likeness (QED) is 0.845. The van der Waals surface area contributed by atoms with Gasteiger partial charge in [0, 0.05) is 18.3 Å². The van der Waals surface area contributed by atoms with Crippen LogP contribution >= 0.6 is 0 Å². The molecule has 1 aromatic rings. The van der Waals surface area contributed by atoms with E-state index in [-0.39, 0.29) is 18.0 Å². The zero-order chi connectivity index (χ0) is 18.4. The molecule has 0 unspecified atom stereocenters. The van der Waals surface area contributed by atoms with Gasteiger partial charge in [0.15, 0.2) is 0 Å². The van der Waals surface area contributed by atoms with E-state index >= 15 is 0 Å². The van der Waals surface area contributed by atoms with Crippen molar-refractivity contribution in [2.75, 3.05) is 18.5 Å². The molecule has 1 aliphatic heterocycles. The third kappa shape index (κ3) is 4.68. The number of anilines is 1.